The van der Waals surface area contributed by atoms with Crippen molar-refractivity contribution in [1.29, 1.82) is 0 Å². The Labute approximate surface area is 153 Å². The van der Waals surface area contributed by atoms with Gasteiger partial charge in [0.2, 0.25) is 0 Å². The number of halogens is 2. The molecule has 0 aliphatic carbocycles. The fourth-order valence-corrected chi connectivity index (χ4v) is 2.88. The summed E-state index contributed by atoms with van der Waals surface area (Å²) in [5, 5.41) is 0. The van der Waals surface area contributed by atoms with Crippen molar-refractivity contribution in [1.82, 2.24) is 9.97 Å². The largest absolute Gasteiger partial charge is 0.236 e. The van der Waals surface area contributed by atoms with Crippen LogP contribution in [0.4, 0.5) is 8.78 Å². The van der Waals surface area contributed by atoms with Gasteiger partial charge in [0.15, 0.2) is 17.5 Å². The Kier molecular flexibility index (Phi) is 6.05. The zero-order chi connectivity index (χ0) is 18.4. The van der Waals surface area contributed by atoms with Crippen LogP contribution in [-0.2, 0) is 6.42 Å². The molecule has 0 radical (unpaired) electrons. The highest BCUT2D eigenvalue weighted by molar-refractivity contribution is 5.67. The van der Waals surface area contributed by atoms with Gasteiger partial charge < -0.3 is 0 Å². The number of rotatable bonds is 7. The number of aromatic nitrogens is 2. The van der Waals surface area contributed by atoms with E-state index in [1.807, 2.05) is 36.7 Å². The molecule has 0 atom stereocenters. The normalized spacial score (nSPS) is 10.9. The van der Waals surface area contributed by atoms with E-state index in [9.17, 15) is 8.78 Å². The van der Waals surface area contributed by atoms with E-state index in [1.54, 1.807) is 6.07 Å². The lowest BCUT2D eigenvalue weighted by molar-refractivity contribution is 0.509. The second-order valence-electron chi connectivity index (χ2n) is 6.43. The number of hydrogen-bond donors (Lipinski definition) is 0. The summed E-state index contributed by atoms with van der Waals surface area (Å²) in [6, 6.07) is 11.4. The Morgan fingerprint density at radius 1 is 0.731 bits per heavy atom. The van der Waals surface area contributed by atoms with Crippen molar-refractivity contribution < 1.29 is 8.78 Å². The van der Waals surface area contributed by atoms with E-state index in [2.05, 4.69) is 16.9 Å². The Balaban J connectivity index is 1.69. The molecule has 0 aliphatic rings. The molecule has 0 bridgehead atoms. The van der Waals surface area contributed by atoms with Gasteiger partial charge in [0, 0.05) is 18.0 Å². The maximum absolute atomic E-state index is 13.4. The van der Waals surface area contributed by atoms with E-state index in [4.69, 9.17) is 0 Å². The summed E-state index contributed by atoms with van der Waals surface area (Å²) >= 11 is 0. The summed E-state index contributed by atoms with van der Waals surface area (Å²) in [6.07, 6.45) is 9.69. The third kappa shape index (κ3) is 4.51. The van der Waals surface area contributed by atoms with E-state index in [1.165, 1.54) is 31.7 Å². The topological polar surface area (TPSA) is 25.8 Å². The number of benzene rings is 2. The molecular formula is C22H22F2N2. The molecule has 0 N–H and O–H groups in total. The summed E-state index contributed by atoms with van der Waals surface area (Å²) in [7, 11) is 0. The van der Waals surface area contributed by atoms with Gasteiger partial charge in [-0.2, -0.15) is 0 Å². The second-order valence-corrected chi connectivity index (χ2v) is 6.43. The smallest absolute Gasteiger partial charge is 0.159 e. The van der Waals surface area contributed by atoms with E-state index >= 15 is 0 Å². The molecule has 3 aromatic rings. The SMILES string of the molecule is CCCCCCc1cnc(-c2ccc(-c3ccc(F)c(F)c3)cc2)nc1. The minimum absolute atomic E-state index is 0.638. The maximum atomic E-state index is 13.4. The Bertz CT molecular complexity index is 843. The molecule has 0 fully saturated rings. The Morgan fingerprint density at radius 3 is 2.04 bits per heavy atom. The van der Waals surface area contributed by atoms with Crippen molar-refractivity contribution in [2.75, 3.05) is 0 Å². The van der Waals surface area contributed by atoms with Gasteiger partial charge in [-0.25, -0.2) is 18.7 Å². The molecule has 26 heavy (non-hydrogen) atoms. The molecular weight excluding hydrogens is 330 g/mol. The van der Waals surface area contributed by atoms with Gasteiger partial charge in [0.05, 0.1) is 0 Å². The van der Waals surface area contributed by atoms with Crippen LogP contribution in [0.15, 0.2) is 54.9 Å². The number of unbranched alkanes of at least 4 members (excludes halogenated alkanes) is 3. The van der Waals surface area contributed by atoms with Crippen LogP contribution in [-0.4, -0.2) is 9.97 Å². The molecule has 0 unspecified atom stereocenters. The predicted molar refractivity (Wildman–Crippen MR) is 101 cm³/mol. The average molecular weight is 352 g/mol. The zero-order valence-corrected chi connectivity index (χ0v) is 14.9. The average Bonchev–Trinajstić information content (AvgIpc) is 2.68. The molecule has 3 rings (SSSR count). The van der Waals surface area contributed by atoms with Crippen molar-refractivity contribution in [3.63, 3.8) is 0 Å². The lowest BCUT2D eigenvalue weighted by Crippen LogP contribution is -1.93. The van der Waals surface area contributed by atoms with Crippen LogP contribution in [0.3, 0.4) is 0 Å². The first-order chi connectivity index (χ1) is 12.7. The highest BCUT2D eigenvalue weighted by atomic mass is 19.2. The van der Waals surface area contributed by atoms with E-state index in [0.717, 1.165) is 29.2 Å². The Hall–Kier alpha value is -2.62. The minimum Gasteiger partial charge on any atom is -0.236 e. The fraction of sp³-hybridized carbons (Fsp3) is 0.273. The minimum atomic E-state index is -0.843. The molecule has 2 aromatic carbocycles. The molecule has 0 amide bonds. The van der Waals surface area contributed by atoms with Crippen molar-refractivity contribution in [2.45, 2.75) is 39.0 Å². The molecule has 0 saturated heterocycles. The van der Waals surface area contributed by atoms with Gasteiger partial charge in [-0.05, 0) is 41.7 Å². The monoisotopic (exact) mass is 352 g/mol. The molecule has 134 valence electrons. The van der Waals surface area contributed by atoms with Gasteiger partial charge in [-0.15, -0.1) is 0 Å². The van der Waals surface area contributed by atoms with E-state index < -0.39 is 11.6 Å². The lowest BCUT2D eigenvalue weighted by atomic mass is 10.0. The van der Waals surface area contributed by atoms with E-state index in [0.29, 0.717) is 11.4 Å². The highest BCUT2D eigenvalue weighted by Crippen LogP contribution is 2.24. The second kappa shape index (κ2) is 8.65. The van der Waals surface area contributed by atoms with Crippen molar-refractivity contribution in [3.05, 3.63) is 72.1 Å². The third-order valence-corrected chi connectivity index (χ3v) is 4.42. The van der Waals surface area contributed by atoms with Gasteiger partial charge in [0.25, 0.3) is 0 Å². The van der Waals surface area contributed by atoms with Crippen LogP contribution < -0.4 is 0 Å². The first-order valence-corrected chi connectivity index (χ1v) is 9.04. The molecule has 1 aromatic heterocycles. The molecule has 4 heteroatoms. The van der Waals surface area contributed by atoms with Crippen LogP contribution in [0.1, 0.15) is 38.2 Å². The Morgan fingerprint density at radius 2 is 1.38 bits per heavy atom. The lowest BCUT2D eigenvalue weighted by Gasteiger charge is -2.06. The number of nitrogens with zero attached hydrogens (tertiary/aromatic N) is 2. The van der Waals surface area contributed by atoms with Crippen LogP contribution in [0, 0.1) is 11.6 Å². The van der Waals surface area contributed by atoms with Gasteiger partial charge in [0.1, 0.15) is 0 Å². The zero-order valence-electron chi connectivity index (χ0n) is 14.9. The van der Waals surface area contributed by atoms with Crippen LogP contribution >= 0.6 is 0 Å². The van der Waals surface area contributed by atoms with Crippen molar-refractivity contribution >= 4 is 0 Å². The van der Waals surface area contributed by atoms with Gasteiger partial charge in [-0.3, -0.25) is 0 Å². The predicted octanol–water partition coefficient (Wildman–Crippen LogP) is 6.21. The summed E-state index contributed by atoms with van der Waals surface area (Å²) in [4.78, 5) is 8.91. The van der Waals surface area contributed by atoms with Gasteiger partial charge >= 0.3 is 0 Å². The van der Waals surface area contributed by atoms with Crippen molar-refractivity contribution in [3.8, 4) is 22.5 Å². The molecule has 2 nitrogen and oxygen atoms in total. The number of hydrogen-bond acceptors (Lipinski definition) is 2. The quantitative estimate of drug-likeness (QED) is 0.472. The summed E-state index contributed by atoms with van der Waals surface area (Å²) in [6.45, 7) is 2.20. The molecule has 0 saturated carbocycles. The highest BCUT2D eigenvalue weighted by Gasteiger charge is 2.06. The standard InChI is InChI=1S/C22H22F2N2/c1-2-3-4-5-6-16-14-25-22(26-15-16)18-9-7-17(8-10-18)19-11-12-20(23)21(24)13-19/h7-15H,2-6H2,1H3. The number of aryl methyl sites for hydroxylation is 1. The first kappa shape index (κ1) is 18.2. The third-order valence-electron chi connectivity index (χ3n) is 4.42. The van der Waals surface area contributed by atoms with Crippen LogP contribution in [0.2, 0.25) is 0 Å². The van der Waals surface area contributed by atoms with Gasteiger partial charge in [-0.1, -0.05) is 56.5 Å². The van der Waals surface area contributed by atoms with Crippen LogP contribution in [0.25, 0.3) is 22.5 Å². The van der Waals surface area contributed by atoms with E-state index in [-0.39, 0.29) is 0 Å². The molecule has 0 spiro atoms. The summed E-state index contributed by atoms with van der Waals surface area (Å²) < 4.78 is 26.4. The summed E-state index contributed by atoms with van der Waals surface area (Å²) in [5.41, 5.74) is 3.51. The molecule has 1 heterocycles. The first-order valence-electron chi connectivity index (χ1n) is 9.04. The fourth-order valence-electron chi connectivity index (χ4n) is 2.88. The maximum Gasteiger partial charge on any atom is 0.159 e. The molecule has 0 aliphatic heterocycles. The van der Waals surface area contributed by atoms with Crippen LogP contribution in [0.5, 0.6) is 0 Å². The summed E-state index contributed by atoms with van der Waals surface area (Å²) in [5.74, 6) is -1.02. The van der Waals surface area contributed by atoms with Crippen molar-refractivity contribution in [2.24, 2.45) is 0 Å².